The normalized spacial score (nSPS) is 11.0. The zero-order valence-electron chi connectivity index (χ0n) is 12.6. The number of aromatic nitrogens is 1. The van der Waals surface area contributed by atoms with E-state index in [4.69, 9.17) is 0 Å². The van der Waals surface area contributed by atoms with Gasteiger partial charge in [-0.15, -0.1) is 11.3 Å². The standard InChI is InChI=1S/C19H15NO2S/c1-13-7-5-6-8-14(13)11-12-16-20-17(18(23-16)19(21)22)15-9-3-2-4-10-15/h2-12H,1H3,(H,21,22)/b12-11+. The van der Waals surface area contributed by atoms with Crippen LogP contribution in [0.4, 0.5) is 0 Å². The number of thiazole rings is 1. The van der Waals surface area contributed by atoms with E-state index in [0.717, 1.165) is 11.1 Å². The first kappa shape index (κ1) is 15.2. The lowest BCUT2D eigenvalue weighted by molar-refractivity contribution is 0.0702. The van der Waals surface area contributed by atoms with Gasteiger partial charge in [0.05, 0.1) is 5.69 Å². The van der Waals surface area contributed by atoms with Gasteiger partial charge in [-0.3, -0.25) is 0 Å². The van der Waals surface area contributed by atoms with Crippen LogP contribution in [0.3, 0.4) is 0 Å². The quantitative estimate of drug-likeness (QED) is 0.736. The summed E-state index contributed by atoms with van der Waals surface area (Å²) >= 11 is 1.19. The monoisotopic (exact) mass is 321 g/mol. The second-order valence-corrected chi connectivity index (χ2v) is 6.12. The first-order valence-corrected chi connectivity index (χ1v) is 8.00. The molecule has 0 unspecified atom stereocenters. The number of hydrogen-bond donors (Lipinski definition) is 1. The average molecular weight is 321 g/mol. The van der Waals surface area contributed by atoms with Gasteiger partial charge in [-0.1, -0.05) is 60.7 Å². The Bertz CT molecular complexity index is 866. The zero-order chi connectivity index (χ0) is 16.2. The van der Waals surface area contributed by atoms with E-state index in [1.165, 1.54) is 16.9 Å². The second-order valence-electron chi connectivity index (χ2n) is 5.09. The molecule has 0 radical (unpaired) electrons. The van der Waals surface area contributed by atoms with Crippen LogP contribution in [0, 0.1) is 6.92 Å². The number of carbonyl (C=O) groups is 1. The number of aryl methyl sites for hydroxylation is 1. The number of nitrogens with zero attached hydrogens (tertiary/aromatic N) is 1. The molecular weight excluding hydrogens is 306 g/mol. The molecule has 23 heavy (non-hydrogen) atoms. The molecule has 1 heterocycles. The van der Waals surface area contributed by atoms with Crippen molar-refractivity contribution in [2.75, 3.05) is 0 Å². The molecule has 0 atom stereocenters. The Balaban J connectivity index is 1.99. The molecule has 2 aromatic carbocycles. The summed E-state index contributed by atoms with van der Waals surface area (Å²) in [6.07, 6.45) is 3.83. The van der Waals surface area contributed by atoms with Crippen molar-refractivity contribution in [2.45, 2.75) is 6.92 Å². The van der Waals surface area contributed by atoms with Crippen LogP contribution in [0.15, 0.2) is 54.6 Å². The molecule has 3 rings (SSSR count). The van der Waals surface area contributed by atoms with E-state index in [9.17, 15) is 9.90 Å². The fourth-order valence-electron chi connectivity index (χ4n) is 2.28. The van der Waals surface area contributed by atoms with Gasteiger partial charge in [0.1, 0.15) is 9.88 Å². The zero-order valence-corrected chi connectivity index (χ0v) is 13.4. The summed E-state index contributed by atoms with van der Waals surface area (Å²) in [5, 5.41) is 10.1. The summed E-state index contributed by atoms with van der Waals surface area (Å²) < 4.78 is 0. The van der Waals surface area contributed by atoms with Crippen molar-refractivity contribution in [2.24, 2.45) is 0 Å². The van der Waals surface area contributed by atoms with Crippen LogP contribution < -0.4 is 0 Å². The summed E-state index contributed by atoms with van der Waals surface area (Å²) in [5.41, 5.74) is 3.60. The third-order valence-electron chi connectivity index (χ3n) is 3.48. The summed E-state index contributed by atoms with van der Waals surface area (Å²) in [4.78, 5) is 16.2. The van der Waals surface area contributed by atoms with Crippen molar-refractivity contribution >= 4 is 29.5 Å². The molecule has 114 valence electrons. The highest BCUT2D eigenvalue weighted by Gasteiger charge is 2.17. The lowest BCUT2D eigenvalue weighted by Gasteiger charge is -1.97. The lowest BCUT2D eigenvalue weighted by atomic mass is 10.1. The Morgan fingerprint density at radius 1 is 1.04 bits per heavy atom. The highest BCUT2D eigenvalue weighted by atomic mass is 32.1. The minimum absolute atomic E-state index is 0.264. The van der Waals surface area contributed by atoms with Crippen molar-refractivity contribution in [3.63, 3.8) is 0 Å². The van der Waals surface area contributed by atoms with Crippen LogP contribution in [0.25, 0.3) is 23.4 Å². The maximum Gasteiger partial charge on any atom is 0.348 e. The Labute approximate surface area is 138 Å². The first-order chi connectivity index (χ1) is 11.1. The van der Waals surface area contributed by atoms with Gasteiger partial charge in [-0.2, -0.15) is 0 Å². The Morgan fingerprint density at radius 3 is 2.43 bits per heavy atom. The van der Waals surface area contributed by atoms with Gasteiger partial charge in [0, 0.05) is 5.56 Å². The Morgan fingerprint density at radius 2 is 1.74 bits per heavy atom. The molecule has 3 nitrogen and oxygen atoms in total. The highest BCUT2D eigenvalue weighted by Crippen LogP contribution is 2.29. The highest BCUT2D eigenvalue weighted by molar-refractivity contribution is 7.15. The SMILES string of the molecule is Cc1ccccc1/C=C/c1nc(-c2ccccc2)c(C(=O)O)s1. The van der Waals surface area contributed by atoms with Gasteiger partial charge in [0.25, 0.3) is 0 Å². The van der Waals surface area contributed by atoms with E-state index in [1.54, 1.807) is 0 Å². The molecule has 0 aliphatic carbocycles. The molecule has 3 aromatic rings. The van der Waals surface area contributed by atoms with E-state index in [1.807, 2.05) is 73.7 Å². The van der Waals surface area contributed by atoms with E-state index in [2.05, 4.69) is 4.98 Å². The van der Waals surface area contributed by atoms with Crippen molar-refractivity contribution < 1.29 is 9.90 Å². The summed E-state index contributed by atoms with van der Waals surface area (Å²) in [5.74, 6) is -0.947. The van der Waals surface area contributed by atoms with Crippen molar-refractivity contribution in [3.05, 3.63) is 75.6 Å². The molecule has 0 fully saturated rings. The predicted octanol–water partition coefficient (Wildman–Crippen LogP) is 4.99. The van der Waals surface area contributed by atoms with Crippen molar-refractivity contribution in [3.8, 4) is 11.3 Å². The number of rotatable bonds is 4. The Hall–Kier alpha value is -2.72. The fourth-order valence-corrected chi connectivity index (χ4v) is 3.11. The first-order valence-electron chi connectivity index (χ1n) is 7.18. The van der Waals surface area contributed by atoms with E-state index in [-0.39, 0.29) is 4.88 Å². The van der Waals surface area contributed by atoms with Gasteiger partial charge in [-0.25, -0.2) is 9.78 Å². The molecular formula is C19H15NO2S. The van der Waals surface area contributed by atoms with Crippen LogP contribution in [0.5, 0.6) is 0 Å². The average Bonchev–Trinajstić information content (AvgIpc) is 2.99. The number of carboxylic acids is 1. The van der Waals surface area contributed by atoms with Gasteiger partial charge in [0.2, 0.25) is 0 Å². The van der Waals surface area contributed by atoms with E-state index in [0.29, 0.717) is 10.7 Å². The molecule has 0 saturated heterocycles. The molecule has 1 N–H and O–H groups in total. The number of aromatic carboxylic acids is 1. The summed E-state index contributed by atoms with van der Waals surface area (Å²) in [6, 6.07) is 17.4. The van der Waals surface area contributed by atoms with Crippen LogP contribution in [0.2, 0.25) is 0 Å². The topological polar surface area (TPSA) is 50.2 Å². The van der Waals surface area contributed by atoms with Gasteiger partial charge < -0.3 is 5.11 Å². The second kappa shape index (κ2) is 6.58. The van der Waals surface area contributed by atoms with E-state index >= 15 is 0 Å². The molecule has 0 saturated carbocycles. The number of hydrogen-bond acceptors (Lipinski definition) is 3. The maximum atomic E-state index is 11.5. The maximum absolute atomic E-state index is 11.5. The van der Waals surface area contributed by atoms with Crippen LogP contribution in [0.1, 0.15) is 25.8 Å². The molecule has 4 heteroatoms. The lowest BCUT2D eigenvalue weighted by Crippen LogP contribution is -1.95. The van der Waals surface area contributed by atoms with E-state index < -0.39 is 5.97 Å². The van der Waals surface area contributed by atoms with Gasteiger partial charge in [-0.05, 0) is 24.1 Å². The molecule has 0 bridgehead atoms. The number of carboxylic acid groups (broad SMARTS) is 1. The summed E-state index contributed by atoms with van der Waals surface area (Å²) in [6.45, 7) is 2.04. The molecule has 0 spiro atoms. The minimum Gasteiger partial charge on any atom is -0.477 e. The van der Waals surface area contributed by atoms with Crippen molar-refractivity contribution in [1.29, 1.82) is 0 Å². The third kappa shape index (κ3) is 3.38. The molecule has 0 aliphatic heterocycles. The smallest absolute Gasteiger partial charge is 0.348 e. The number of benzene rings is 2. The van der Waals surface area contributed by atoms with Crippen LogP contribution >= 0.6 is 11.3 Å². The minimum atomic E-state index is -0.947. The summed E-state index contributed by atoms with van der Waals surface area (Å²) in [7, 11) is 0. The van der Waals surface area contributed by atoms with Gasteiger partial charge in [0.15, 0.2) is 0 Å². The molecule has 1 aromatic heterocycles. The largest absolute Gasteiger partial charge is 0.477 e. The fraction of sp³-hybridized carbons (Fsp3) is 0.0526. The van der Waals surface area contributed by atoms with Crippen LogP contribution in [-0.2, 0) is 0 Å². The Kier molecular flexibility index (Phi) is 4.35. The predicted molar refractivity (Wildman–Crippen MR) is 94.6 cm³/mol. The third-order valence-corrected chi connectivity index (χ3v) is 4.49. The van der Waals surface area contributed by atoms with Gasteiger partial charge >= 0.3 is 5.97 Å². The molecule has 0 aliphatic rings. The van der Waals surface area contributed by atoms with Crippen LogP contribution in [-0.4, -0.2) is 16.1 Å². The molecule has 0 amide bonds. The van der Waals surface area contributed by atoms with Crippen molar-refractivity contribution in [1.82, 2.24) is 4.98 Å².